The van der Waals surface area contributed by atoms with Crippen molar-refractivity contribution in [3.63, 3.8) is 0 Å². The Labute approximate surface area is 134 Å². The monoisotopic (exact) mass is 338 g/mol. The average Bonchev–Trinajstić information content (AvgIpc) is 3.03. The van der Waals surface area contributed by atoms with Gasteiger partial charge in [0, 0.05) is 5.56 Å². The Hall–Kier alpha value is -2.19. The third-order valence-electron chi connectivity index (χ3n) is 3.17. The van der Waals surface area contributed by atoms with Crippen LogP contribution in [0.2, 0.25) is 0 Å². The fourth-order valence-electron chi connectivity index (χ4n) is 1.91. The van der Waals surface area contributed by atoms with Crippen molar-refractivity contribution in [1.29, 1.82) is 0 Å². The molecule has 0 fully saturated rings. The molecule has 0 aliphatic carbocycles. The van der Waals surface area contributed by atoms with Gasteiger partial charge in [0.25, 0.3) is 15.1 Å². The molecule has 124 valence electrons. The summed E-state index contributed by atoms with van der Waals surface area (Å²) < 4.78 is 36.9. The lowest BCUT2D eigenvalue weighted by Gasteiger charge is -2.18. The number of rotatable bonds is 6. The van der Waals surface area contributed by atoms with Gasteiger partial charge in [0.2, 0.25) is 5.89 Å². The molecule has 0 radical (unpaired) electrons. The molecule has 0 bridgehead atoms. The molecule has 7 nitrogen and oxygen atoms in total. The van der Waals surface area contributed by atoms with E-state index < -0.39 is 22.0 Å². The van der Waals surface area contributed by atoms with Crippen molar-refractivity contribution in [3.8, 4) is 11.5 Å². The van der Waals surface area contributed by atoms with Crippen LogP contribution in [-0.4, -0.2) is 32.5 Å². The molecule has 1 heterocycles. The van der Waals surface area contributed by atoms with Gasteiger partial charge in [-0.25, -0.2) is 13.4 Å². The Morgan fingerprint density at radius 1 is 1.26 bits per heavy atom. The summed E-state index contributed by atoms with van der Waals surface area (Å²) in [6.07, 6.45) is 1.11. The highest BCUT2D eigenvalue weighted by Crippen LogP contribution is 2.21. The first-order chi connectivity index (χ1) is 10.8. The van der Waals surface area contributed by atoms with E-state index in [4.69, 9.17) is 4.42 Å². The summed E-state index contributed by atoms with van der Waals surface area (Å²) >= 11 is 0. The first-order valence-electron chi connectivity index (χ1n) is 6.96. The van der Waals surface area contributed by atoms with Crippen molar-refractivity contribution in [2.75, 3.05) is 7.11 Å². The molecule has 0 amide bonds. The molecule has 1 N–H and O–H groups in total. The largest absolute Gasteiger partial charge is 0.468 e. The van der Waals surface area contributed by atoms with E-state index in [0.29, 0.717) is 5.56 Å². The number of nitrogens with one attached hydrogen (secondary N) is 1. The number of ether oxygens (including phenoxy) is 1. The average molecular weight is 338 g/mol. The molecule has 0 unspecified atom stereocenters. The number of hydrogen-bond donors (Lipinski definition) is 1. The van der Waals surface area contributed by atoms with Gasteiger partial charge in [0.1, 0.15) is 6.04 Å². The number of hydrogen-bond acceptors (Lipinski definition) is 6. The number of nitrogens with zero attached hydrogens (tertiary/aromatic N) is 1. The van der Waals surface area contributed by atoms with Crippen LogP contribution >= 0.6 is 0 Å². The Kier molecular flexibility index (Phi) is 5.17. The van der Waals surface area contributed by atoms with Crippen LogP contribution in [0.5, 0.6) is 0 Å². The molecule has 2 rings (SSSR count). The Balaban J connectivity index is 2.26. The van der Waals surface area contributed by atoms with Gasteiger partial charge in [-0.05, 0) is 18.1 Å². The van der Waals surface area contributed by atoms with E-state index in [1.165, 1.54) is 7.11 Å². The second-order valence-corrected chi connectivity index (χ2v) is 6.86. The van der Waals surface area contributed by atoms with Crippen LogP contribution in [0.15, 0.2) is 46.0 Å². The topological polar surface area (TPSA) is 98.5 Å². The number of methoxy groups -OCH3 is 1. The number of carbonyl (C=O) groups is 1. The predicted molar refractivity (Wildman–Crippen MR) is 82.9 cm³/mol. The normalized spacial score (nSPS) is 13.0. The van der Waals surface area contributed by atoms with Crippen LogP contribution in [-0.2, 0) is 19.6 Å². The molecule has 8 heteroatoms. The molecule has 0 saturated carbocycles. The molecule has 1 aromatic carbocycles. The van der Waals surface area contributed by atoms with Crippen LogP contribution in [0, 0.1) is 5.92 Å². The van der Waals surface area contributed by atoms with Crippen LogP contribution < -0.4 is 4.72 Å². The molecule has 23 heavy (non-hydrogen) atoms. The van der Waals surface area contributed by atoms with E-state index in [0.717, 1.165) is 6.20 Å². The van der Waals surface area contributed by atoms with Crippen molar-refractivity contribution in [3.05, 3.63) is 36.5 Å². The fraction of sp³-hybridized carbons (Fsp3) is 0.333. The molecule has 1 aromatic heterocycles. The van der Waals surface area contributed by atoms with Gasteiger partial charge in [-0.15, -0.1) is 0 Å². The molecular weight excluding hydrogens is 320 g/mol. The SMILES string of the molecule is COC(=O)[C@@H](NS(=O)(=O)c1cnc(-c2ccccc2)o1)C(C)C. The third kappa shape index (κ3) is 3.96. The zero-order valence-electron chi connectivity index (χ0n) is 13.0. The van der Waals surface area contributed by atoms with Gasteiger partial charge in [-0.1, -0.05) is 32.0 Å². The molecule has 2 aromatic rings. The molecule has 0 spiro atoms. The predicted octanol–water partition coefficient (Wildman–Crippen LogP) is 1.82. The number of esters is 1. The van der Waals surface area contributed by atoms with Crippen LogP contribution in [0.25, 0.3) is 11.5 Å². The lowest BCUT2D eigenvalue weighted by Crippen LogP contribution is -2.44. The smallest absolute Gasteiger partial charge is 0.324 e. The quantitative estimate of drug-likeness (QED) is 0.807. The summed E-state index contributed by atoms with van der Waals surface area (Å²) in [6, 6.07) is 7.91. The minimum absolute atomic E-state index is 0.185. The van der Waals surface area contributed by atoms with E-state index >= 15 is 0 Å². The van der Waals surface area contributed by atoms with Crippen molar-refractivity contribution in [1.82, 2.24) is 9.71 Å². The summed E-state index contributed by atoms with van der Waals surface area (Å²) in [7, 11) is -2.82. The van der Waals surface area contributed by atoms with Gasteiger partial charge in [0.15, 0.2) is 0 Å². The minimum atomic E-state index is -4.03. The Bertz CT molecular complexity index is 768. The van der Waals surface area contributed by atoms with E-state index in [1.807, 2.05) is 6.07 Å². The minimum Gasteiger partial charge on any atom is -0.468 e. The van der Waals surface area contributed by atoms with Crippen LogP contribution in [0.4, 0.5) is 0 Å². The third-order valence-corrected chi connectivity index (χ3v) is 4.46. The van der Waals surface area contributed by atoms with Gasteiger partial charge in [0.05, 0.1) is 13.3 Å². The van der Waals surface area contributed by atoms with Crippen LogP contribution in [0.3, 0.4) is 0 Å². The van der Waals surface area contributed by atoms with Gasteiger partial charge < -0.3 is 9.15 Å². The number of sulfonamides is 1. The lowest BCUT2D eigenvalue weighted by atomic mass is 10.1. The number of benzene rings is 1. The highest BCUT2D eigenvalue weighted by molar-refractivity contribution is 7.89. The standard InChI is InChI=1S/C15H18N2O5S/c1-10(2)13(15(18)21-3)17-23(19,20)12-9-16-14(22-12)11-7-5-4-6-8-11/h4-10,13,17H,1-3H3/t13-/m0/s1. The van der Waals surface area contributed by atoms with Crippen molar-refractivity contribution >= 4 is 16.0 Å². The van der Waals surface area contributed by atoms with Crippen molar-refractivity contribution < 1.29 is 22.4 Å². The highest BCUT2D eigenvalue weighted by atomic mass is 32.2. The highest BCUT2D eigenvalue weighted by Gasteiger charge is 2.31. The molecule has 0 saturated heterocycles. The van der Waals surface area contributed by atoms with Crippen molar-refractivity contribution in [2.45, 2.75) is 25.0 Å². The van der Waals surface area contributed by atoms with Crippen molar-refractivity contribution in [2.24, 2.45) is 5.92 Å². The van der Waals surface area contributed by atoms with Gasteiger partial charge in [-0.3, -0.25) is 4.79 Å². The van der Waals surface area contributed by atoms with E-state index in [2.05, 4.69) is 14.4 Å². The zero-order chi connectivity index (χ0) is 17.0. The summed E-state index contributed by atoms with van der Waals surface area (Å²) in [5, 5.41) is -0.356. The van der Waals surface area contributed by atoms with Crippen LogP contribution in [0.1, 0.15) is 13.8 Å². The van der Waals surface area contributed by atoms with E-state index in [1.54, 1.807) is 38.1 Å². The maximum atomic E-state index is 12.4. The maximum absolute atomic E-state index is 12.4. The van der Waals surface area contributed by atoms with E-state index in [9.17, 15) is 13.2 Å². The number of aromatic nitrogens is 1. The summed E-state index contributed by atoms with van der Waals surface area (Å²) in [5.74, 6) is -0.759. The molecular formula is C15H18N2O5S. The first-order valence-corrected chi connectivity index (χ1v) is 8.45. The molecule has 1 atom stereocenters. The molecule has 0 aliphatic rings. The van der Waals surface area contributed by atoms with Gasteiger partial charge in [-0.2, -0.15) is 4.72 Å². The number of carbonyl (C=O) groups excluding carboxylic acids is 1. The second-order valence-electron chi connectivity index (χ2n) is 5.22. The summed E-state index contributed by atoms with van der Waals surface area (Å²) in [4.78, 5) is 15.7. The Morgan fingerprint density at radius 3 is 2.48 bits per heavy atom. The summed E-state index contributed by atoms with van der Waals surface area (Å²) in [5.41, 5.74) is 0.655. The Morgan fingerprint density at radius 2 is 1.91 bits per heavy atom. The maximum Gasteiger partial charge on any atom is 0.324 e. The first kappa shape index (κ1) is 17.2. The molecule has 0 aliphatic heterocycles. The van der Waals surface area contributed by atoms with Gasteiger partial charge >= 0.3 is 5.97 Å². The lowest BCUT2D eigenvalue weighted by molar-refractivity contribution is -0.143. The second kappa shape index (κ2) is 6.93. The zero-order valence-corrected chi connectivity index (χ0v) is 13.8. The van der Waals surface area contributed by atoms with E-state index in [-0.39, 0.29) is 16.9 Å². The number of oxazole rings is 1. The fourth-order valence-corrected chi connectivity index (χ4v) is 3.11. The summed E-state index contributed by atoms with van der Waals surface area (Å²) in [6.45, 7) is 3.42.